The molecule has 0 saturated carbocycles. The van der Waals surface area contributed by atoms with Crippen LogP contribution in [0.1, 0.15) is 10.5 Å². The maximum absolute atomic E-state index is 12.7. The monoisotopic (exact) mass is 247 g/mol. The Bertz CT molecular complexity index is 558. The van der Waals surface area contributed by atoms with Crippen LogP contribution in [0.25, 0.3) is 0 Å². The Morgan fingerprint density at radius 3 is 2.61 bits per heavy atom. The van der Waals surface area contributed by atoms with E-state index >= 15 is 0 Å². The van der Waals surface area contributed by atoms with E-state index in [1.54, 1.807) is 0 Å². The second-order valence-corrected chi connectivity index (χ2v) is 3.39. The highest BCUT2D eigenvalue weighted by Gasteiger charge is 2.08. The summed E-state index contributed by atoms with van der Waals surface area (Å²) < 4.78 is 12.7. The van der Waals surface area contributed by atoms with Crippen LogP contribution in [0.3, 0.4) is 0 Å². The molecule has 1 heterocycles. The minimum absolute atomic E-state index is 0.106. The van der Waals surface area contributed by atoms with Crippen LogP contribution in [0, 0.1) is 5.82 Å². The molecular weight excluding hydrogens is 237 g/mol. The maximum atomic E-state index is 12.7. The number of amides is 1. The highest BCUT2D eigenvalue weighted by molar-refractivity contribution is 6.02. The molecule has 0 saturated heterocycles. The summed E-state index contributed by atoms with van der Waals surface area (Å²) >= 11 is 0. The number of benzene rings is 1. The van der Waals surface area contributed by atoms with Gasteiger partial charge in [0.25, 0.3) is 5.91 Å². The lowest BCUT2D eigenvalue weighted by atomic mass is 10.3. The summed E-state index contributed by atoms with van der Waals surface area (Å²) in [6, 6.07) is 5.40. The molecule has 0 atom stereocenters. The van der Waals surface area contributed by atoms with Gasteiger partial charge in [0, 0.05) is 5.69 Å². The Balaban J connectivity index is 2.14. The van der Waals surface area contributed by atoms with E-state index < -0.39 is 5.91 Å². The lowest BCUT2D eigenvalue weighted by molar-refractivity contribution is 0.102. The molecule has 0 fully saturated rings. The summed E-state index contributed by atoms with van der Waals surface area (Å²) in [6.45, 7) is 0. The molecule has 4 N–H and O–H groups in total. The number of hydrogen-bond acceptors (Lipinski definition) is 5. The van der Waals surface area contributed by atoms with Crippen molar-refractivity contribution in [1.29, 1.82) is 0 Å². The number of hydrazine groups is 1. The Morgan fingerprint density at radius 2 is 1.94 bits per heavy atom. The number of halogens is 1. The molecule has 0 spiro atoms. The van der Waals surface area contributed by atoms with Gasteiger partial charge < -0.3 is 10.7 Å². The van der Waals surface area contributed by atoms with Crippen molar-refractivity contribution in [2.75, 3.05) is 10.7 Å². The van der Waals surface area contributed by atoms with E-state index in [2.05, 4.69) is 20.7 Å². The van der Waals surface area contributed by atoms with Crippen LogP contribution < -0.4 is 16.6 Å². The Labute approximate surface area is 102 Å². The van der Waals surface area contributed by atoms with Crippen molar-refractivity contribution in [1.82, 2.24) is 9.97 Å². The van der Waals surface area contributed by atoms with E-state index in [1.807, 2.05) is 0 Å². The van der Waals surface area contributed by atoms with E-state index in [9.17, 15) is 9.18 Å². The summed E-state index contributed by atoms with van der Waals surface area (Å²) in [5.74, 6) is 4.62. The van der Waals surface area contributed by atoms with Gasteiger partial charge in [-0.2, -0.15) is 0 Å². The Kier molecular flexibility index (Phi) is 3.44. The van der Waals surface area contributed by atoms with Gasteiger partial charge >= 0.3 is 0 Å². The van der Waals surface area contributed by atoms with Crippen molar-refractivity contribution in [2.24, 2.45) is 5.84 Å². The molecule has 92 valence electrons. The highest BCUT2D eigenvalue weighted by atomic mass is 19.1. The molecule has 0 aliphatic heterocycles. The number of nitrogens with zero attached hydrogens (tertiary/aromatic N) is 2. The average Bonchev–Trinajstić information content (AvgIpc) is 2.41. The molecule has 0 aliphatic carbocycles. The lowest BCUT2D eigenvalue weighted by Crippen LogP contribution is -2.16. The van der Waals surface area contributed by atoms with Gasteiger partial charge in [-0.15, -0.1) is 0 Å². The van der Waals surface area contributed by atoms with Gasteiger partial charge in [-0.3, -0.25) is 9.78 Å². The quantitative estimate of drug-likeness (QED) is 0.559. The Morgan fingerprint density at radius 1 is 1.22 bits per heavy atom. The molecule has 7 heteroatoms. The highest BCUT2D eigenvalue weighted by Crippen LogP contribution is 2.10. The largest absolute Gasteiger partial charge is 0.321 e. The van der Waals surface area contributed by atoms with Crippen molar-refractivity contribution < 1.29 is 9.18 Å². The smallest absolute Gasteiger partial charge is 0.275 e. The van der Waals surface area contributed by atoms with Crippen molar-refractivity contribution >= 4 is 17.4 Å². The number of carbonyl (C=O) groups excluding carboxylic acids is 1. The number of aromatic nitrogens is 2. The van der Waals surface area contributed by atoms with Crippen LogP contribution in [-0.4, -0.2) is 15.9 Å². The molecule has 1 aromatic heterocycles. The van der Waals surface area contributed by atoms with Crippen molar-refractivity contribution in [3.63, 3.8) is 0 Å². The normalized spacial score (nSPS) is 9.89. The second kappa shape index (κ2) is 5.19. The van der Waals surface area contributed by atoms with Crippen LogP contribution in [-0.2, 0) is 0 Å². The van der Waals surface area contributed by atoms with E-state index in [0.717, 1.165) is 0 Å². The SMILES string of the molecule is NNc1cncc(C(=O)Nc2ccc(F)cc2)n1. The summed E-state index contributed by atoms with van der Waals surface area (Å²) in [6.07, 6.45) is 2.69. The number of carbonyl (C=O) groups is 1. The molecule has 2 aromatic rings. The van der Waals surface area contributed by atoms with Gasteiger partial charge in [-0.1, -0.05) is 0 Å². The molecule has 6 nitrogen and oxygen atoms in total. The molecule has 1 amide bonds. The van der Waals surface area contributed by atoms with Gasteiger partial charge in [0.2, 0.25) is 0 Å². The van der Waals surface area contributed by atoms with Gasteiger partial charge in [-0.05, 0) is 24.3 Å². The van der Waals surface area contributed by atoms with Crippen molar-refractivity contribution in [3.05, 3.63) is 48.2 Å². The first-order valence-electron chi connectivity index (χ1n) is 5.04. The third-order valence-corrected chi connectivity index (χ3v) is 2.12. The van der Waals surface area contributed by atoms with E-state index in [4.69, 9.17) is 5.84 Å². The van der Waals surface area contributed by atoms with Gasteiger partial charge in [-0.25, -0.2) is 15.2 Å². The summed E-state index contributed by atoms with van der Waals surface area (Å²) in [7, 11) is 0. The fourth-order valence-corrected chi connectivity index (χ4v) is 1.27. The molecule has 18 heavy (non-hydrogen) atoms. The first-order valence-corrected chi connectivity index (χ1v) is 5.04. The van der Waals surface area contributed by atoms with Gasteiger partial charge in [0.15, 0.2) is 5.82 Å². The molecule has 0 aliphatic rings. The third-order valence-electron chi connectivity index (χ3n) is 2.12. The minimum Gasteiger partial charge on any atom is -0.321 e. The predicted octanol–water partition coefficient (Wildman–Crippen LogP) is 1.15. The molecular formula is C11H10FN5O. The van der Waals surface area contributed by atoms with Crippen LogP contribution in [0.5, 0.6) is 0 Å². The van der Waals surface area contributed by atoms with Crippen LogP contribution >= 0.6 is 0 Å². The standard InChI is InChI=1S/C11H10FN5O/c12-7-1-3-8(4-2-7)15-11(18)9-5-14-6-10(16-9)17-13/h1-6H,13H2,(H,15,18)(H,16,17). The van der Waals surface area contributed by atoms with Crippen LogP contribution in [0.15, 0.2) is 36.7 Å². The predicted molar refractivity (Wildman–Crippen MR) is 64.2 cm³/mol. The molecule has 0 bridgehead atoms. The van der Waals surface area contributed by atoms with Gasteiger partial charge in [0.1, 0.15) is 11.5 Å². The van der Waals surface area contributed by atoms with Crippen molar-refractivity contribution in [2.45, 2.75) is 0 Å². The zero-order chi connectivity index (χ0) is 13.0. The second-order valence-electron chi connectivity index (χ2n) is 3.39. The lowest BCUT2D eigenvalue weighted by Gasteiger charge is -2.05. The number of nitrogen functional groups attached to an aromatic ring is 1. The van der Waals surface area contributed by atoms with Crippen LogP contribution in [0.2, 0.25) is 0 Å². The van der Waals surface area contributed by atoms with Gasteiger partial charge in [0.05, 0.1) is 12.4 Å². The van der Waals surface area contributed by atoms with Crippen molar-refractivity contribution in [3.8, 4) is 0 Å². The molecule has 0 radical (unpaired) electrons. The zero-order valence-corrected chi connectivity index (χ0v) is 9.22. The fourth-order valence-electron chi connectivity index (χ4n) is 1.27. The van der Waals surface area contributed by atoms with E-state index in [1.165, 1.54) is 36.7 Å². The number of hydrogen-bond donors (Lipinski definition) is 3. The van der Waals surface area contributed by atoms with Crippen LogP contribution in [0.4, 0.5) is 15.9 Å². The maximum Gasteiger partial charge on any atom is 0.275 e. The topological polar surface area (TPSA) is 92.9 Å². The Hall–Kier alpha value is -2.54. The minimum atomic E-state index is -0.453. The van der Waals surface area contributed by atoms with E-state index in [0.29, 0.717) is 5.69 Å². The number of anilines is 2. The summed E-state index contributed by atoms with van der Waals surface area (Å²) in [5.41, 5.74) is 2.86. The first-order chi connectivity index (χ1) is 8.69. The number of nitrogens with one attached hydrogen (secondary N) is 2. The molecule has 0 unspecified atom stereocenters. The fraction of sp³-hybridized carbons (Fsp3) is 0. The molecule has 2 rings (SSSR count). The number of rotatable bonds is 3. The molecule has 1 aromatic carbocycles. The average molecular weight is 247 g/mol. The first kappa shape index (κ1) is 11.9. The number of nitrogens with two attached hydrogens (primary N) is 1. The summed E-state index contributed by atoms with van der Waals surface area (Å²) in [5, 5.41) is 2.56. The summed E-state index contributed by atoms with van der Waals surface area (Å²) in [4.78, 5) is 19.5. The zero-order valence-electron chi connectivity index (χ0n) is 9.22. The van der Waals surface area contributed by atoms with E-state index in [-0.39, 0.29) is 17.3 Å². The third kappa shape index (κ3) is 2.77.